The van der Waals surface area contributed by atoms with E-state index in [4.69, 9.17) is 0 Å². The van der Waals surface area contributed by atoms with Crippen LogP contribution in [0.4, 0.5) is 14.5 Å². The number of carbonyl (C=O) groups is 1. The molecule has 0 aliphatic carbocycles. The largest absolute Gasteiger partial charge is 0.326 e. The van der Waals surface area contributed by atoms with Gasteiger partial charge in [-0.05, 0) is 61.9 Å². The minimum atomic E-state index is -0.383. The molecule has 0 bridgehead atoms. The van der Waals surface area contributed by atoms with Gasteiger partial charge in [-0.1, -0.05) is 0 Å². The molecule has 0 unspecified atom stereocenters. The van der Waals surface area contributed by atoms with Gasteiger partial charge in [0.2, 0.25) is 11.0 Å². The summed E-state index contributed by atoms with van der Waals surface area (Å²) in [5.41, 5.74) is 2.75. The number of nitrogens with zero attached hydrogens (tertiary/aromatic N) is 2. The first kappa shape index (κ1) is 20.7. The Bertz CT molecular complexity index is 1270. The number of rotatable bonds is 6. The SMILES string of the molecule is Cc1[nH]n(-c2nc(-c3ccc(F)cc3)cs2)c(=O)c1CCC(=O)Nc1ccc(F)cc1. The predicted molar refractivity (Wildman–Crippen MR) is 116 cm³/mol. The van der Waals surface area contributed by atoms with Crippen LogP contribution in [-0.4, -0.2) is 20.7 Å². The summed E-state index contributed by atoms with van der Waals surface area (Å²) in [5.74, 6) is -0.985. The number of halogens is 2. The second kappa shape index (κ2) is 8.65. The lowest BCUT2D eigenvalue weighted by atomic mass is 10.1. The summed E-state index contributed by atoms with van der Waals surface area (Å²) >= 11 is 1.28. The molecule has 0 saturated carbocycles. The molecule has 31 heavy (non-hydrogen) atoms. The van der Waals surface area contributed by atoms with Crippen LogP contribution in [0, 0.1) is 18.6 Å². The molecule has 0 atom stereocenters. The number of nitrogens with one attached hydrogen (secondary N) is 2. The van der Waals surface area contributed by atoms with E-state index in [1.54, 1.807) is 24.4 Å². The Hall–Kier alpha value is -3.59. The molecular formula is C22H18F2N4O2S. The number of aromatic amines is 1. The topological polar surface area (TPSA) is 79.8 Å². The maximum absolute atomic E-state index is 13.1. The molecular weight excluding hydrogens is 422 g/mol. The molecule has 4 rings (SSSR count). The minimum absolute atomic E-state index is 0.101. The summed E-state index contributed by atoms with van der Waals surface area (Å²) < 4.78 is 27.4. The van der Waals surface area contributed by atoms with E-state index in [0.717, 1.165) is 5.56 Å². The lowest BCUT2D eigenvalue weighted by molar-refractivity contribution is -0.116. The van der Waals surface area contributed by atoms with Crippen molar-refractivity contribution >= 4 is 22.9 Å². The Kier molecular flexibility index (Phi) is 5.77. The summed E-state index contributed by atoms with van der Waals surface area (Å²) in [6.45, 7) is 1.76. The van der Waals surface area contributed by atoms with Crippen LogP contribution in [0.2, 0.25) is 0 Å². The van der Waals surface area contributed by atoms with Crippen LogP contribution >= 0.6 is 11.3 Å². The number of aromatic nitrogens is 3. The monoisotopic (exact) mass is 440 g/mol. The zero-order valence-corrected chi connectivity index (χ0v) is 17.3. The highest BCUT2D eigenvalue weighted by molar-refractivity contribution is 7.12. The summed E-state index contributed by atoms with van der Waals surface area (Å²) in [6.07, 6.45) is 0.349. The molecule has 2 aromatic heterocycles. The zero-order chi connectivity index (χ0) is 22.0. The van der Waals surface area contributed by atoms with E-state index in [0.29, 0.717) is 27.8 Å². The molecule has 0 saturated heterocycles. The standard InChI is InChI=1S/C22H18F2N4O2S/c1-13-18(10-11-20(29)25-17-8-6-16(24)7-9-17)21(30)28(27-13)22-26-19(12-31-22)14-2-4-15(23)5-3-14/h2-9,12,27H,10-11H2,1H3,(H,25,29). The van der Waals surface area contributed by atoms with Gasteiger partial charge in [-0.3, -0.25) is 14.7 Å². The van der Waals surface area contributed by atoms with Gasteiger partial charge in [0.05, 0.1) is 5.69 Å². The van der Waals surface area contributed by atoms with E-state index in [1.165, 1.54) is 52.4 Å². The number of hydrogen-bond donors (Lipinski definition) is 2. The lowest BCUT2D eigenvalue weighted by Gasteiger charge is -2.04. The van der Waals surface area contributed by atoms with E-state index < -0.39 is 0 Å². The Labute approximate surface area is 180 Å². The average molecular weight is 440 g/mol. The van der Waals surface area contributed by atoms with Crippen LogP contribution in [0.5, 0.6) is 0 Å². The van der Waals surface area contributed by atoms with Gasteiger partial charge in [-0.2, -0.15) is 4.68 Å². The molecule has 9 heteroatoms. The maximum atomic E-state index is 13.1. The Morgan fingerprint density at radius 1 is 1.10 bits per heavy atom. The van der Waals surface area contributed by atoms with Crippen molar-refractivity contribution in [1.29, 1.82) is 0 Å². The van der Waals surface area contributed by atoms with Crippen molar-refractivity contribution in [2.45, 2.75) is 19.8 Å². The number of H-pyrrole nitrogens is 1. The third-order valence-electron chi connectivity index (χ3n) is 4.75. The summed E-state index contributed by atoms with van der Waals surface area (Å²) in [5, 5.41) is 7.93. The van der Waals surface area contributed by atoms with E-state index in [2.05, 4.69) is 15.4 Å². The highest BCUT2D eigenvalue weighted by atomic mass is 32.1. The Morgan fingerprint density at radius 3 is 2.42 bits per heavy atom. The van der Waals surface area contributed by atoms with Crippen molar-refractivity contribution in [3.05, 3.63) is 87.2 Å². The van der Waals surface area contributed by atoms with Gasteiger partial charge in [-0.15, -0.1) is 11.3 Å². The smallest absolute Gasteiger partial charge is 0.276 e. The van der Waals surface area contributed by atoms with Gasteiger partial charge >= 0.3 is 0 Å². The van der Waals surface area contributed by atoms with Gasteiger partial charge in [0, 0.05) is 34.3 Å². The zero-order valence-electron chi connectivity index (χ0n) is 16.5. The van der Waals surface area contributed by atoms with Crippen LogP contribution < -0.4 is 10.9 Å². The fourth-order valence-corrected chi connectivity index (χ4v) is 3.92. The van der Waals surface area contributed by atoms with Crippen molar-refractivity contribution in [2.75, 3.05) is 5.32 Å². The number of amides is 1. The van der Waals surface area contributed by atoms with Crippen LogP contribution in [0.3, 0.4) is 0 Å². The van der Waals surface area contributed by atoms with Crippen molar-refractivity contribution in [3.63, 3.8) is 0 Å². The lowest BCUT2D eigenvalue weighted by Crippen LogP contribution is -2.19. The Morgan fingerprint density at radius 2 is 1.74 bits per heavy atom. The maximum Gasteiger partial charge on any atom is 0.276 e. The third kappa shape index (κ3) is 4.61. The van der Waals surface area contributed by atoms with Crippen molar-refractivity contribution in [1.82, 2.24) is 14.8 Å². The van der Waals surface area contributed by atoms with Crippen molar-refractivity contribution < 1.29 is 13.6 Å². The molecule has 0 radical (unpaired) electrons. The molecule has 0 aliphatic heterocycles. The first-order valence-corrected chi connectivity index (χ1v) is 10.4. The predicted octanol–water partition coefficient (Wildman–Crippen LogP) is 4.45. The number of carbonyl (C=O) groups excluding carboxylic acids is 1. The second-order valence-electron chi connectivity index (χ2n) is 6.93. The number of hydrogen-bond acceptors (Lipinski definition) is 4. The van der Waals surface area contributed by atoms with E-state index in [9.17, 15) is 18.4 Å². The van der Waals surface area contributed by atoms with E-state index >= 15 is 0 Å². The molecule has 2 N–H and O–H groups in total. The molecule has 1 amide bonds. The molecule has 0 spiro atoms. The molecule has 0 fully saturated rings. The van der Waals surface area contributed by atoms with Gasteiger partial charge in [0.15, 0.2) is 0 Å². The molecule has 4 aromatic rings. The van der Waals surface area contributed by atoms with Crippen molar-refractivity contribution in [2.24, 2.45) is 0 Å². The van der Waals surface area contributed by atoms with Crippen LogP contribution in [0.25, 0.3) is 16.4 Å². The normalized spacial score (nSPS) is 10.9. The first-order valence-electron chi connectivity index (χ1n) is 9.48. The van der Waals surface area contributed by atoms with E-state index in [-0.39, 0.29) is 35.9 Å². The average Bonchev–Trinajstić information content (AvgIpc) is 3.34. The summed E-state index contributed by atoms with van der Waals surface area (Å²) in [6, 6.07) is 11.4. The quantitative estimate of drug-likeness (QED) is 0.465. The van der Waals surface area contributed by atoms with Crippen LogP contribution in [0.1, 0.15) is 17.7 Å². The molecule has 6 nitrogen and oxygen atoms in total. The van der Waals surface area contributed by atoms with Gasteiger partial charge in [0.1, 0.15) is 11.6 Å². The molecule has 158 valence electrons. The molecule has 2 heterocycles. The summed E-state index contributed by atoms with van der Waals surface area (Å²) in [7, 11) is 0. The molecule has 2 aromatic carbocycles. The Balaban J connectivity index is 1.47. The first-order chi connectivity index (χ1) is 14.9. The highest BCUT2D eigenvalue weighted by Crippen LogP contribution is 2.24. The van der Waals surface area contributed by atoms with Crippen LogP contribution in [0.15, 0.2) is 58.7 Å². The highest BCUT2D eigenvalue weighted by Gasteiger charge is 2.16. The van der Waals surface area contributed by atoms with E-state index in [1.807, 2.05) is 0 Å². The number of anilines is 1. The molecule has 0 aliphatic rings. The summed E-state index contributed by atoms with van der Waals surface area (Å²) in [4.78, 5) is 29.5. The third-order valence-corrected chi connectivity index (χ3v) is 5.57. The number of thiazole rings is 1. The second-order valence-corrected chi connectivity index (χ2v) is 7.77. The fourth-order valence-electron chi connectivity index (χ4n) is 3.13. The van der Waals surface area contributed by atoms with Gasteiger partial charge in [0.25, 0.3) is 5.56 Å². The minimum Gasteiger partial charge on any atom is -0.326 e. The van der Waals surface area contributed by atoms with Crippen molar-refractivity contribution in [3.8, 4) is 16.4 Å². The number of benzene rings is 2. The van der Waals surface area contributed by atoms with Crippen LogP contribution in [-0.2, 0) is 11.2 Å². The fraction of sp³-hybridized carbons (Fsp3) is 0.136. The van der Waals surface area contributed by atoms with Gasteiger partial charge < -0.3 is 5.32 Å². The van der Waals surface area contributed by atoms with Gasteiger partial charge in [-0.25, -0.2) is 13.8 Å². The number of aryl methyl sites for hydroxylation is 1.